The second-order valence-electron chi connectivity index (χ2n) is 5.54. The van der Waals surface area contributed by atoms with E-state index in [1.165, 1.54) is 12.1 Å². The molecule has 2 aliphatic rings. The van der Waals surface area contributed by atoms with E-state index in [2.05, 4.69) is 10.7 Å². The van der Waals surface area contributed by atoms with Crippen LogP contribution in [0.4, 0.5) is 17.1 Å². The normalized spacial score (nSPS) is 17.2. The summed E-state index contributed by atoms with van der Waals surface area (Å²) < 4.78 is 10.9. The predicted octanol–water partition coefficient (Wildman–Crippen LogP) is -1.49. The molecule has 1 spiro atoms. The second kappa shape index (κ2) is 5.59. The zero-order valence-corrected chi connectivity index (χ0v) is 13.0. The molecule has 1 fully saturated rings. The Morgan fingerprint density at radius 1 is 1.19 bits per heavy atom. The number of H-pyrrole nitrogens is 2. The summed E-state index contributed by atoms with van der Waals surface area (Å²) in [6.07, 6.45) is 0. The van der Waals surface area contributed by atoms with Gasteiger partial charge in [0.2, 0.25) is 0 Å². The number of hydrogen-bond donors (Lipinski definition) is 5. The molecule has 0 unspecified atom stereocenters. The summed E-state index contributed by atoms with van der Waals surface area (Å²) in [5.74, 6) is -3.11. The molecule has 0 radical (unpaired) electrons. The molecule has 0 bridgehead atoms. The van der Waals surface area contributed by atoms with Gasteiger partial charge in [0.05, 0.1) is 24.6 Å². The van der Waals surface area contributed by atoms with Crippen LogP contribution in [0.25, 0.3) is 0 Å². The maximum Gasteiger partial charge on any atom is 0.325 e. The fraction of sp³-hybridized carbons (Fsp3) is 0.214. The maximum absolute atomic E-state index is 12.2. The number of aromatic nitrogens is 2. The van der Waals surface area contributed by atoms with Gasteiger partial charge in [-0.05, 0) is 24.1 Å². The Labute approximate surface area is 143 Å². The molecule has 2 aliphatic heterocycles. The highest BCUT2D eigenvalue weighted by molar-refractivity contribution is 6.04. The van der Waals surface area contributed by atoms with Gasteiger partial charge < -0.3 is 24.9 Å². The Morgan fingerprint density at radius 2 is 1.92 bits per heavy atom. The van der Waals surface area contributed by atoms with Gasteiger partial charge in [-0.25, -0.2) is 4.79 Å². The first kappa shape index (κ1) is 16.1. The number of nitrogens with one attached hydrogen (secondary N) is 4. The van der Waals surface area contributed by atoms with Crippen molar-refractivity contribution in [2.45, 2.75) is 5.79 Å². The number of carbonyl (C=O) groups excluding carboxylic acids is 1. The summed E-state index contributed by atoms with van der Waals surface area (Å²) in [5, 5.41) is 24.5. The Kier molecular flexibility index (Phi) is 3.47. The number of nitrogens with zero attached hydrogens (tertiary/aromatic N) is 1. The third-order valence-corrected chi connectivity index (χ3v) is 3.95. The van der Waals surface area contributed by atoms with Crippen LogP contribution in [-0.2, 0) is 20.1 Å². The zero-order valence-electron chi connectivity index (χ0n) is 13.0. The number of benzene rings is 1. The molecule has 5 N–H and O–H groups in total. The van der Waals surface area contributed by atoms with Crippen molar-refractivity contribution < 1.29 is 24.6 Å². The molecule has 0 aliphatic carbocycles. The minimum atomic E-state index is -1.56. The predicted molar refractivity (Wildman–Crippen MR) is 83.7 cm³/mol. The van der Waals surface area contributed by atoms with E-state index in [-0.39, 0.29) is 24.1 Å². The Morgan fingerprint density at radius 3 is 2.62 bits per heavy atom. The topological polar surface area (TPSA) is 172 Å². The van der Waals surface area contributed by atoms with E-state index in [1.807, 2.05) is 9.97 Å². The third kappa shape index (κ3) is 2.32. The first-order valence-electron chi connectivity index (χ1n) is 7.44. The first-order chi connectivity index (χ1) is 12.4. The van der Waals surface area contributed by atoms with Gasteiger partial charge in [-0.3, -0.25) is 25.2 Å². The highest BCUT2D eigenvalue weighted by atomic mass is 16.7. The number of hydrazine groups is 1. The largest absolute Gasteiger partial charge is 0.858 e. The van der Waals surface area contributed by atoms with Crippen LogP contribution < -0.4 is 32.3 Å². The molecule has 1 aromatic carbocycles. The Bertz CT molecular complexity index is 1010. The number of rotatable bonds is 3. The molecule has 2 aromatic rings. The molecule has 1 saturated heterocycles. The standard InChI is InChI=1S/C14H13N5O7/c20-10-9(11(21)17-13(23)16-10)19(24)18-6-1-2-8-7(5-6)14(12(22)15-8)25-3-4-26-14/h1-2,5,18,24H,3-4H2,(H,15,22)(H3,16,17,20,21,23)/p-1. The third-order valence-electron chi connectivity index (χ3n) is 3.95. The van der Waals surface area contributed by atoms with Gasteiger partial charge in [-0.15, -0.1) is 0 Å². The fourth-order valence-electron chi connectivity index (χ4n) is 2.85. The average Bonchev–Trinajstić information content (AvgIpc) is 3.15. The number of fused-ring (bicyclic) bond motifs is 2. The quantitative estimate of drug-likeness (QED) is 0.408. The molecule has 4 rings (SSSR count). The molecule has 26 heavy (non-hydrogen) atoms. The molecular weight excluding hydrogens is 350 g/mol. The van der Waals surface area contributed by atoms with Gasteiger partial charge in [0.15, 0.2) is 5.69 Å². The van der Waals surface area contributed by atoms with Crippen LogP contribution in [0.1, 0.15) is 5.56 Å². The molecule has 1 amide bonds. The lowest BCUT2D eigenvalue weighted by molar-refractivity contribution is -0.274. The molecule has 0 saturated carbocycles. The van der Waals surface area contributed by atoms with E-state index >= 15 is 0 Å². The average molecular weight is 362 g/mol. The molecule has 3 heterocycles. The summed E-state index contributed by atoms with van der Waals surface area (Å²) in [5.41, 5.74) is 0.690. The number of anilines is 3. The lowest BCUT2D eigenvalue weighted by Crippen LogP contribution is -2.36. The minimum Gasteiger partial charge on any atom is -0.858 e. The highest BCUT2D eigenvalue weighted by Gasteiger charge is 2.52. The van der Waals surface area contributed by atoms with E-state index in [0.717, 1.165) is 0 Å². The first-order valence-corrected chi connectivity index (χ1v) is 7.44. The van der Waals surface area contributed by atoms with Gasteiger partial charge in [-0.2, -0.15) is 5.17 Å². The molecule has 12 nitrogen and oxygen atoms in total. The number of amides is 1. The summed E-state index contributed by atoms with van der Waals surface area (Å²) in [4.78, 5) is 38.6. The summed E-state index contributed by atoms with van der Waals surface area (Å²) >= 11 is 0. The molecular formula is C14H12N5O7-. The van der Waals surface area contributed by atoms with Crippen molar-refractivity contribution >= 4 is 23.0 Å². The van der Waals surface area contributed by atoms with Gasteiger partial charge in [-0.1, -0.05) is 0 Å². The molecule has 136 valence electrons. The van der Waals surface area contributed by atoms with Crippen LogP contribution in [-0.4, -0.2) is 34.3 Å². The van der Waals surface area contributed by atoms with Crippen molar-refractivity contribution in [2.75, 3.05) is 29.1 Å². The van der Waals surface area contributed by atoms with E-state index in [0.29, 0.717) is 11.3 Å². The summed E-state index contributed by atoms with van der Waals surface area (Å²) in [7, 11) is 0. The van der Waals surface area contributed by atoms with Gasteiger partial charge in [0.1, 0.15) is 0 Å². The van der Waals surface area contributed by atoms with Crippen LogP contribution in [0.3, 0.4) is 0 Å². The van der Waals surface area contributed by atoms with Crippen LogP contribution in [0, 0.1) is 0 Å². The van der Waals surface area contributed by atoms with Crippen molar-refractivity contribution in [3.05, 3.63) is 44.6 Å². The zero-order chi connectivity index (χ0) is 18.5. The van der Waals surface area contributed by atoms with E-state index in [4.69, 9.17) is 9.47 Å². The van der Waals surface area contributed by atoms with E-state index in [9.17, 15) is 24.7 Å². The Balaban J connectivity index is 1.67. The van der Waals surface area contributed by atoms with Gasteiger partial charge in [0, 0.05) is 5.56 Å². The van der Waals surface area contributed by atoms with Gasteiger partial charge >= 0.3 is 5.69 Å². The monoisotopic (exact) mass is 362 g/mol. The summed E-state index contributed by atoms with van der Waals surface area (Å²) in [6.45, 7) is 0.478. The van der Waals surface area contributed by atoms with Crippen molar-refractivity contribution in [3.8, 4) is 5.88 Å². The fourth-order valence-corrected chi connectivity index (χ4v) is 2.85. The molecule has 12 heteroatoms. The number of carbonyl (C=O) groups is 1. The summed E-state index contributed by atoms with van der Waals surface area (Å²) in [6, 6.07) is 4.49. The highest BCUT2D eigenvalue weighted by Crippen LogP contribution is 2.43. The number of aromatic amines is 2. The Hall–Kier alpha value is -3.35. The van der Waals surface area contributed by atoms with Crippen LogP contribution >= 0.6 is 0 Å². The van der Waals surface area contributed by atoms with Crippen LogP contribution in [0.5, 0.6) is 5.88 Å². The number of hydrogen-bond acceptors (Lipinski definition) is 9. The van der Waals surface area contributed by atoms with E-state index < -0.39 is 34.5 Å². The van der Waals surface area contributed by atoms with Crippen molar-refractivity contribution in [1.82, 2.24) is 9.97 Å². The van der Waals surface area contributed by atoms with Crippen LogP contribution in [0.15, 0.2) is 27.8 Å². The lowest BCUT2D eigenvalue weighted by Gasteiger charge is -2.23. The molecule has 0 atom stereocenters. The van der Waals surface area contributed by atoms with Crippen molar-refractivity contribution in [1.29, 1.82) is 0 Å². The SMILES string of the molecule is O=C1Nc2ccc(NN(O)c3c([O-])[nH]c(=O)[nH]c3=O)cc2C12OCCO2. The molecule has 1 aromatic heterocycles. The maximum atomic E-state index is 12.2. The number of ether oxygens (including phenoxy) is 2. The lowest BCUT2D eigenvalue weighted by atomic mass is 10.1. The van der Waals surface area contributed by atoms with Crippen LogP contribution in [0.2, 0.25) is 0 Å². The minimum absolute atomic E-state index is 0.173. The van der Waals surface area contributed by atoms with Crippen molar-refractivity contribution in [3.63, 3.8) is 0 Å². The second-order valence-corrected chi connectivity index (χ2v) is 5.54. The van der Waals surface area contributed by atoms with Gasteiger partial charge in [0.25, 0.3) is 17.3 Å². The smallest absolute Gasteiger partial charge is 0.325 e. The van der Waals surface area contributed by atoms with Crippen molar-refractivity contribution in [2.24, 2.45) is 0 Å². The van der Waals surface area contributed by atoms with E-state index in [1.54, 1.807) is 6.07 Å².